The number of oxazole rings is 1. The van der Waals surface area contributed by atoms with Crippen molar-refractivity contribution in [2.75, 3.05) is 10.0 Å². The summed E-state index contributed by atoms with van der Waals surface area (Å²) in [5.41, 5.74) is 1.16. The Morgan fingerprint density at radius 1 is 1.12 bits per heavy atom. The van der Waals surface area contributed by atoms with Crippen LogP contribution in [0.5, 0.6) is 5.75 Å². The summed E-state index contributed by atoms with van der Waals surface area (Å²) in [4.78, 5) is 25.2. The molecule has 3 N–H and O–H groups in total. The van der Waals surface area contributed by atoms with E-state index in [9.17, 15) is 18.0 Å². The van der Waals surface area contributed by atoms with Crippen LogP contribution in [0.4, 0.5) is 11.4 Å². The Labute approximate surface area is 147 Å². The summed E-state index contributed by atoms with van der Waals surface area (Å²) in [7, 11) is -3.93. The molecule has 26 heavy (non-hydrogen) atoms. The monoisotopic (exact) mass is 375 g/mol. The van der Waals surface area contributed by atoms with Crippen molar-refractivity contribution in [3.63, 3.8) is 0 Å². The van der Waals surface area contributed by atoms with Crippen LogP contribution in [-0.4, -0.2) is 25.4 Å². The van der Waals surface area contributed by atoms with E-state index in [1.165, 1.54) is 30.3 Å². The number of benzene rings is 2. The molecule has 1 amide bonds. The number of hydrogen-bond acceptors (Lipinski definition) is 6. The molecular formula is C16H13N3O6S. The Hall–Kier alpha value is -3.27. The molecule has 134 valence electrons. The largest absolute Gasteiger partial charge is 0.479 e. The number of sulfonamides is 1. The van der Waals surface area contributed by atoms with Crippen LogP contribution in [0, 0.1) is 0 Å². The fourth-order valence-corrected chi connectivity index (χ4v) is 3.64. The minimum Gasteiger partial charge on any atom is -0.479 e. The smallest absolute Gasteiger partial charge is 0.417 e. The van der Waals surface area contributed by atoms with Crippen LogP contribution in [0.15, 0.2) is 50.5 Å². The van der Waals surface area contributed by atoms with E-state index in [2.05, 4.69) is 15.0 Å². The number of carbonyl (C=O) groups is 1. The number of nitrogens with one attached hydrogen (secondary N) is 3. The molecule has 0 spiro atoms. The van der Waals surface area contributed by atoms with Crippen molar-refractivity contribution < 1.29 is 22.4 Å². The average Bonchev–Trinajstić information content (AvgIpc) is 2.95. The third kappa shape index (κ3) is 2.80. The minimum atomic E-state index is -3.93. The summed E-state index contributed by atoms with van der Waals surface area (Å²) in [5, 5.41) is 2.65. The number of anilines is 2. The van der Waals surface area contributed by atoms with E-state index in [0.29, 0.717) is 17.0 Å². The highest BCUT2D eigenvalue weighted by atomic mass is 32.2. The molecule has 0 saturated heterocycles. The zero-order chi connectivity index (χ0) is 18.5. The summed E-state index contributed by atoms with van der Waals surface area (Å²) in [6.45, 7) is 1.62. The van der Waals surface area contributed by atoms with Crippen LogP contribution in [-0.2, 0) is 14.8 Å². The average molecular weight is 375 g/mol. The van der Waals surface area contributed by atoms with E-state index in [1.807, 2.05) is 0 Å². The number of rotatable bonds is 3. The second-order valence-electron chi connectivity index (χ2n) is 5.74. The minimum absolute atomic E-state index is 0.0700. The van der Waals surface area contributed by atoms with E-state index in [-0.39, 0.29) is 22.1 Å². The second-order valence-corrected chi connectivity index (χ2v) is 7.42. The van der Waals surface area contributed by atoms with Gasteiger partial charge in [0, 0.05) is 6.07 Å². The van der Waals surface area contributed by atoms with Gasteiger partial charge in [-0.15, -0.1) is 0 Å². The molecule has 10 heteroatoms. The standard InChI is InChI=1S/C16H13N3O6S/c1-8-15(20)17-12-6-9(2-5-13(12)24-8)19-26(22,23)10-3-4-11-14(7-10)25-16(21)18-11/h2-8,19H,1H3,(H,17,20)(H,18,21)/t8-/m0/s1. The summed E-state index contributed by atoms with van der Waals surface area (Å²) in [6.07, 6.45) is -0.618. The van der Waals surface area contributed by atoms with Crippen molar-refractivity contribution in [1.29, 1.82) is 0 Å². The Morgan fingerprint density at radius 2 is 1.92 bits per heavy atom. The number of aromatic amines is 1. The SMILES string of the molecule is C[C@@H]1Oc2ccc(NS(=O)(=O)c3ccc4[nH]c(=O)oc4c3)cc2NC1=O. The van der Waals surface area contributed by atoms with Gasteiger partial charge in [0.2, 0.25) is 0 Å². The number of carbonyl (C=O) groups excluding carboxylic acids is 1. The predicted molar refractivity (Wildman–Crippen MR) is 92.8 cm³/mol. The normalized spacial score (nSPS) is 16.7. The molecule has 0 fully saturated rings. The maximum atomic E-state index is 12.6. The topological polar surface area (TPSA) is 130 Å². The van der Waals surface area contributed by atoms with Crippen LogP contribution in [0.3, 0.4) is 0 Å². The maximum Gasteiger partial charge on any atom is 0.417 e. The zero-order valence-corrected chi connectivity index (χ0v) is 14.2. The van der Waals surface area contributed by atoms with Crippen molar-refractivity contribution in [3.05, 3.63) is 46.9 Å². The Balaban J connectivity index is 1.66. The number of hydrogen-bond donors (Lipinski definition) is 3. The third-order valence-corrected chi connectivity index (χ3v) is 5.24. The molecule has 9 nitrogen and oxygen atoms in total. The van der Waals surface area contributed by atoms with E-state index < -0.39 is 21.9 Å². The molecule has 2 heterocycles. The van der Waals surface area contributed by atoms with Crippen LogP contribution >= 0.6 is 0 Å². The van der Waals surface area contributed by atoms with Crippen molar-refractivity contribution in [1.82, 2.24) is 4.98 Å². The molecule has 1 aliphatic rings. The number of H-pyrrole nitrogens is 1. The Kier molecular flexibility index (Phi) is 3.51. The highest BCUT2D eigenvalue weighted by molar-refractivity contribution is 7.92. The van der Waals surface area contributed by atoms with Gasteiger partial charge in [-0.25, -0.2) is 13.2 Å². The second kappa shape index (κ2) is 5.63. The fourth-order valence-electron chi connectivity index (χ4n) is 2.58. The van der Waals surface area contributed by atoms with E-state index >= 15 is 0 Å². The molecule has 0 radical (unpaired) electrons. The molecule has 3 aromatic rings. The van der Waals surface area contributed by atoms with Gasteiger partial charge in [-0.2, -0.15) is 0 Å². The van der Waals surface area contributed by atoms with Gasteiger partial charge >= 0.3 is 5.76 Å². The van der Waals surface area contributed by atoms with E-state index in [1.54, 1.807) is 13.0 Å². The summed E-state index contributed by atoms with van der Waals surface area (Å²) in [5.74, 6) is -0.525. The molecule has 0 unspecified atom stereocenters. The quantitative estimate of drug-likeness (QED) is 0.638. The summed E-state index contributed by atoms with van der Waals surface area (Å²) >= 11 is 0. The van der Waals surface area contributed by atoms with Crippen LogP contribution in [0.2, 0.25) is 0 Å². The molecule has 4 rings (SSSR count). The van der Waals surface area contributed by atoms with E-state index in [4.69, 9.17) is 9.15 Å². The first kappa shape index (κ1) is 16.2. The van der Waals surface area contributed by atoms with Crippen molar-refractivity contribution in [2.45, 2.75) is 17.9 Å². The van der Waals surface area contributed by atoms with Crippen molar-refractivity contribution in [2.24, 2.45) is 0 Å². The van der Waals surface area contributed by atoms with Gasteiger partial charge in [0.25, 0.3) is 15.9 Å². The predicted octanol–water partition coefficient (Wildman–Crippen LogP) is 1.64. The van der Waals surface area contributed by atoms with Gasteiger partial charge in [-0.05, 0) is 37.3 Å². The van der Waals surface area contributed by atoms with Gasteiger partial charge in [-0.3, -0.25) is 14.5 Å². The molecule has 1 aliphatic heterocycles. The highest BCUT2D eigenvalue weighted by Gasteiger charge is 2.24. The lowest BCUT2D eigenvalue weighted by atomic mass is 10.2. The number of aromatic nitrogens is 1. The van der Waals surface area contributed by atoms with Gasteiger partial charge in [0.1, 0.15) is 5.75 Å². The van der Waals surface area contributed by atoms with Crippen LogP contribution in [0.1, 0.15) is 6.92 Å². The van der Waals surface area contributed by atoms with E-state index in [0.717, 1.165) is 0 Å². The summed E-state index contributed by atoms with van der Waals surface area (Å²) < 4.78 is 37.9. The van der Waals surface area contributed by atoms with Crippen LogP contribution < -0.4 is 20.5 Å². The zero-order valence-electron chi connectivity index (χ0n) is 13.4. The molecule has 1 atom stereocenters. The number of ether oxygens (including phenoxy) is 1. The Bertz CT molecular complexity index is 1190. The molecule has 0 saturated carbocycles. The molecule has 0 bridgehead atoms. The first-order valence-electron chi connectivity index (χ1n) is 7.59. The fraction of sp³-hybridized carbons (Fsp3) is 0.125. The van der Waals surface area contributed by atoms with Gasteiger partial charge in [0.05, 0.1) is 21.8 Å². The molecule has 1 aromatic heterocycles. The number of amides is 1. The third-order valence-electron chi connectivity index (χ3n) is 3.87. The molecular weight excluding hydrogens is 362 g/mol. The Morgan fingerprint density at radius 3 is 2.73 bits per heavy atom. The van der Waals surface area contributed by atoms with Crippen molar-refractivity contribution >= 4 is 38.4 Å². The first-order chi connectivity index (χ1) is 12.3. The van der Waals surface area contributed by atoms with Gasteiger partial charge < -0.3 is 14.5 Å². The lowest BCUT2D eigenvalue weighted by Gasteiger charge is -2.23. The molecule has 2 aromatic carbocycles. The molecule has 0 aliphatic carbocycles. The number of fused-ring (bicyclic) bond motifs is 2. The lowest BCUT2D eigenvalue weighted by molar-refractivity contribution is -0.122. The first-order valence-corrected chi connectivity index (χ1v) is 9.07. The van der Waals surface area contributed by atoms with Crippen molar-refractivity contribution in [3.8, 4) is 5.75 Å². The summed E-state index contributed by atoms with van der Waals surface area (Å²) in [6, 6.07) is 8.59. The lowest BCUT2D eigenvalue weighted by Crippen LogP contribution is -2.34. The maximum absolute atomic E-state index is 12.6. The van der Waals surface area contributed by atoms with Crippen LogP contribution in [0.25, 0.3) is 11.1 Å². The van der Waals surface area contributed by atoms with Gasteiger partial charge in [0.15, 0.2) is 11.7 Å². The highest BCUT2D eigenvalue weighted by Crippen LogP contribution is 2.33. The van der Waals surface area contributed by atoms with Gasteiger partial charge in [-0.1, -0.05) is 0 Å².